The number of nitrogens with zero attached hydrogens (tertiary/aromatic N) is 2. The molecule has 4 rings (SSSR count). The van der Waals surface area contributed by atoms with Crippen molar-refractivity contribution in [3.8, 4) is 11.5 Å². The van der Waals surface area contributed by atoms with E-state index >= 15 is 0 Å². The number of hydrogen-bond donors (Lipinski definition) is 2. The molecule has 152 valence electrons. The van der Waals surface area contributed by atoms with Crippen molar-refractivity contribution < 1.29 is 19.7 Å². The van der Waals surface area contributed by atoms with Gasteiger partial charge in [0, 0.05) is 12.8 Å². The lowest BCUT2D eigenvalue weighted by Gasteiger charge is -2.22. The van der Waals surface area contributed by atoms with Crippen LogP contribution in [0.25, 0.3) is 0 Å². The monoisotopic (exact) mass is 394 g/mol. The molecule has 6 nitrogen and oxygen atoms in total. The summed E-state index contributed by atoms with van der Waals surface area (Å²) in [6, 6.07) is 14.5. The van der Waals surface area contributed by atoms with E-state index in [1.54, 1.807) is 12.1 Å². The van der Waals surface area contributed by atoms with Crippen LogP contribution in [-0.4, -0.2) is 47.3 Å². The van der Waals surface area contributed by atoms with Crippen LogP contribution in [0.1, 0.15) is 25.0 Å². The fourth-order valence-corrected chi connectivity index (χ4v) is 3.69. The van der Waals surface area contributed by atoms with Gasteiger partial charge >= 0.3 is 0 Å². The van der Waals surface area contributed by atoms with Gasteiger partial charge in [-0.3, -0.25) is 0 Å². The molecule has 2 aromatic carbocycles. The minimum absolute atomic E-state index is 0.0448. The molecule has 0 fully saturated rings. The van der Waals surface area contributed by atoms with E-state index in [1.807, 2.05) is 50.2 Å². The van der Waals surface area contributed by atoms with Crippen molar-refractivity contribution in [1.29, 1.82) is 0 Å². The Morgan fingerprint density at radius 2 is 1.21 bits per heavy atom. The van der Waals surface area contributed by atoms with Crippen LogP contribution < -0.4 is 0 Å². The Bertz CT molecular complexity index is 876. The van der Waals surface area contributed by atoms with Crippen LogP contribution in [0.5, 0.6) is 11.5 Å². The SMILES string of the molecule is CC(C)(C1=NC(Cc2ccccc2O)CO1)C1=NC(Cc2ccccc2O)CO1. The lowest BCUT2D eigenvalue weighted by Crippen LogP contribution is -2.34. The fourth-order valence-electron chi connectivity index (χ4n) is 3.69. The van der Waals surface area contributed by atoms with E-state index in [2.05, 4.69) is 0 Å². The van der Waals surface area contributed by atoms with Crippen molar-refractivity contribution in [3.05, 3.63) is 59.7 Å². The Balaban J connectivity index is 1.45. The van der Waals surface area contributed by atoms with Gasteiger partial charge in [-0.2, -0.15) is 0 Å². The summed E-state index contributed by atoms with van der Waals surface area (Å²) in [4.78, 5) is 9.49. The van der Waals surface area contributed by atoms with Gasteiger partial charge in [-0.25, -0.2) is 9.98 Å². The lowest BCUT2D eigenvalue weighted by atomic mass is 9.93. The summed E-state index contributed by atoms with van der Waals surface area (Å²) in [6.07, 6.45) is 1.24. The highest BCUT2D eigenvalue weighted by Gasteiger charge is 2.41. The van der Waals surface area contributed by atoms with E-state index in [0.29, 0.717) is 37.9 Å². The second kappa shape index (κ2) is 7.78. The molecule has 0 spiro atoms. The van der Waals surface area contributed by atoms with E-state index in [1.165, 1.54) is 0 Å². The van der Waals surface area contributed by atoms with Crippen molar-refractivity contribution in [2.45, 2.75) is 38.8 Å². The summed E-state index contributed by atoms with van der Waals surface area (Å²) in [5, 5.41) is 20.0. The second-order valence-corrected chi connectivity index (χ2v) is 8.09. The van der Waals surface area contributed by atoms with Crippen LogP contribution in [0.4, 0.5) is 0 Å². The van der Waals surface area contributed by atoms with E-state index in [0.717, 1.165) is 11.1 Å². The normalized spacial score (nSPS) is 21.3. The van der Waals surface area contributed by atoms with Gasteiger partial charge in [0.2, 0.25) is 0 Å². The van der Waals surface area contributed by atoms with E-state index in [9.17, 15) is 10.2 Å². The van der Waals surface area contributed by atoms with Crippen molar-refractivity contribution in [1.82, 2.24) is 0 Å². The molecule has 2 heterocycles. The third kappa shape index (κ3) is 4.06. The summed E-state index contributed by atoms with van der Waals surface area (Å²) in [6.45, 7) is 4.94. The molecule has 29 heavy (non-hydrogen) atoms. The maximum absolute atomic E-state index is 9.99. The highest BCUT2D eigenvalue weighted by atomic mass is 16.5. The number of aliphatic imine (C=N–C) groups is 2. The molecule has 2 atom stereocenters. The predicted molar refractivity (Wildman–Crippen MR) is 112 cm³/mol. The molecule has 0 aromatic heterocycles. The van der Waals surface area contributed by atoms with Gasteiger partial charge in [-0.05, 0) is 37.1 Å². The van der Waals surface area contributed by atoms with Crippen LogP contribution in [-0.2, 0) is 22.3 Å². The van der Waals surface area contributed by atoms with Crippen LogP contribution in [0, 0.1) is 5.41 Å². The standard InChI is InChI=1S/C23H26N2O4/c1-23(2,21-24-17(13-28-21)11-15-7-3-5-9-19(15)26)22-25-18(14-29-22)12-16-8-4-6-10-20(16)27/h3-10,17-18,26-27H,11-14H2,1-2H3. The number of phenolic OH excluding ortho intramolecular Hbond substituents is 2. The molecule has 0 saturated carbocycles. The highest BCUT2D eigenvalue weighted by molar-refractivity contribution is 6.05. The third-order valence-electron chi connectivity index (χ3n) is 5.39. The zero-order valence-corrected chi connectivity index (χ0v) is 16.7. The number of benzene rings is 2. The minimum atomic E-state index is -0.568. The molecule has 0 radical (unpaired) electrons. The average Bonchev–Trinajstić information content (AvgIpc) is 3.36. The fraction of sp³-hybridized carbons (Fsp3) is 0.391. The first-order chi connectivity index (χ1) is 13.9. The van der Waals surface area contributed by atoms with Gasteiger partial charge in [0.15, 0.2) is 11.8 Å². The molecule has 0 bridgehead atoms. The quantitative estimate of drug-likeness (QED) is 0.785. The molecule has 2 aromatic rings. The Kier molecular flexibility index (Phi) is 5.18. The molecular formula is C23H26N2O4. The summed E-state index contributed by atoms with van der Waals surface area (Å²) in [5.41, 5.74) is 1.16. The number of para-hydroxylation sites is 2. The van der Waals surface area contributed by atoms with Gasteiger partial charge in [-0.1, -0.05) is 36.4 Å². The van der Waals surface area contributed by atoms with Crippen molar-refractivity contribution in [2.75, 3.05) is 13.2 Å². The molecule has 0 amide bonds. The van der Waals surface area contributed by atoms with E-state index in [4.69, 9.17) is 19.5 Å². The van der Waals surface area contributed by atoms with E-state index in [-0.39, 0.29) is 23.6 Å². The van der Waals surface area contributed by atoms with Crippen LogP contribution in [0.15, 0.2) is 58.5 Å². The first-order valence-electron chi connectivity index (χ1n) is 9.89. The minimum Gasteiger partial charge on any atom is -0.508 e. The number of phenols is 2. The number of rotatable bonds is 6. The second-order valence-electron chi connectivity index (χ2n) is 8.09. The predicted octanol–water partition coefficient (Wildman–Crippen LogP) is 3.50. The zero-order chi connectivity index (χ0) is 20.4. The third-order valence-corrected chi connectivity index (χ3v) is 5.39. The molecular weight excluding hydrogens is 368 g/mol. The molecule has 2 N–H and O–H groups in total. The van der Waals surface area contributed by atoms with Crippen LogP contribution >= 0.6 is 0 Å². The molecule has 0 saturated heterocycles. The van der Waals surface area contributed by atoms with Crippen LogP contribution in [0.3, 0.4) is 0 Å². The van der Waals surface area contributed by atoms with Gasteiger partial charge < -0.3 is 19.7 Å². The maximum atomic E-state index is 9.99. The summed E-state index contributed by atoms with van der Waals surface area (Å²) >= 11 is 0. The Morgan fingerprint density at radius 1 is 0.793 bits per heavy atom. The molecule has 0 aliphatic carbocycles. The highest BCUT2D eigenvalue weighted by Crippen LogP contribution is 2.31. The maximum Gasteiger partial charge on any atom is 0.199 e. The largest absolute Gasteiger partial charge is 0.508 e. The molecule has 2 unspecified atom stereocenters. The summed E-state index contributed by atoms with van der Waals surface area (Å²) in [5.74, 6) is 1.79. The summed E-state index contributed by atoms with van der Waals surface area (Å²) in [7, 11) is 0. The molecule has 2 aliphatic rings. The van der Waals surface area contributed by atoms with Crippen molar-refractivity contribution in [2.24, 2.45) is 15.4 Å². The number of aromatic hydroxyl groups is 2. The number of ether oxygens (including phenoxy) is 2. The number of hydrogen-bond acceptors (Lipinski definition) is 6. The lowest BCUT2D eigenvalue weighted by molar-refractivity contribution is 0.263. The van der Waals surface area contributed by atoms with Crippen LogP contribution in [0.2, 0.25) is 0 Å². The first-order valence-corrected chi connectivity index (χ1v) is 9.89. The smallest absolute Gasteiger partial charge is 0.199 e. The molecule has 2 aliphatic heterocycles. The van der Waals surface area contributed by atoms with Gasteiger partial charge in [0.1, 0.15) is 30.1 Å². The Hall–Kier alpha value is -3.02. The van der Waals surface area contributed by atoms with Crippen molar-refractivity contribution in [3.63, 3.8) is 0 Å². The first kappa shape index (κ1) is 19.3. The topological polar surface area (TPSA) is 83.6 Å². The van der Waals surface area contributed by atoms with Gasteiger partial charge in [0.25, 0.3) is 0 Å². The van der Waals surface area contributed by atoms with Gasteiger partial charge in [-0.15, -0.1) is 0 Å². The Morgan fingerprint density at radius 3 is 1.62 bits per heavy atom. The van der Waals surface area contributed by atoms with Gasteiger partial charge in [0.05, 0.1) is 12.1 Å². The molecule has 6 heteroatoms. The summed E-state index contributed by atoms with van der Waals surface area (Å²) < 4.78 is 11.8. The Labute approximate surface area is 170 Å². The van der Waals surface area contributed by atoms with Crippen molar-refractivity contribution >= 4 is 11.8 Å². The van der Waals surface area contributed by atoms with E-state index < -0.39 is 5.41 Å². The average molecular weight is 394 g/mol. The zero-order valence-electron chi connectivity index (χ0n) is 16.7.